The number of esters is 1. The maximum absolute atomic E-state index is 12.3. The molecule has 7 heteroatoms. The van der Waals surface area contributed by atoms with Crippen LogP contribution < -0.4 is 0 Å². The lowest BCUT2D eigenvalue weighted by atomic mass is 9.87. The van der Waals surface area contributed by atoms with Crippen molar-refractivity contribution in [2.75, 3.05) is 13.2 Å². The second-order valence-electron chi connectivity index (χ2n) is 7.46. The summed E-state index contributed by atoms with van der Waals surface area (Å²) in [5.41, 5.74) is 0.256. The maximum Gasteiger partial charge on any atom is 0.311 e. The van der Waals surface area contributed by atoms with Crippen molar-refractivity contribution in [3.63, 3.8) is 0 Å². The fourth-order valence-electron chi connectivity index (χ4n) is 2.51. The predicted octanol–water partition coefficient (Wildman–Crippen LogP) is 3.60. The normalized spacial score (nSPS) is 13.4. The monoisotopic (exact) mass is 400 g/mol. The largest absolute Gasteiger partial charge is 0.462 e. The van der Waals surface area contributed by atoms with Crippen LogP contribution in [0.4, 0.5) is 0 Å². The van der Waals surface area contributed by atoms with Crippen molar-refractivity contribution in [3.8, 4) is 0 Å². The molecule has 0 aliphatic rings. The first-order valence-corrected chi connectivity index (χ1v) is 10.8. The summed E-state index contributed by atoms with van der Waals surface area (Å²) in [4.78, 5) is 12.3. The van der Waals surface area contributed by atoms with E-state index in [4.69, 9.17) is 8.92 Å². The van der Waals surface area contributed by atoms with Crippen LogP contribution in [-0.4, -0.2) is 38.8 Å². The Hall–Kier alpha value is -1.44. The third kappa shape index (κ3) is 7.99. The Bertz CT molecular complexity index is 679. The Morgan fingerprint density at radius 1 is 1.15 bits per heavy atom. The minimum Gasteiger partial charge on any atom is -0.462 e. The third-order valence-corrected chi connectivity index (χ3v) is 5.76. The summed E-state index contributed by atoms with van der Waals surface area (Å²) in [7, 11) is -4.04. The number of unbranched alkanes of at least 4 members (excludes halogenated alkanes) is 3. The molecule has 1 aromatic rings. The molecule has 0 heterocycles. The second kappa shape index (κ2) is 10.8. The second-order valence-corrected chi connectivity index (χ2v) is 9.03. The molecule has 0 aliphatic carbocycles. The molecular weight excluding hydrogens is 368 g/mol. The lowest BCUT2D eigenvalue weighted by molar-refractivity contribution is -0.157. The van der Waals surface area contributed by atoms with Gasteiger partial charge in [-0.2, -0.15) is 8.42 Å². The van der Waals surface area contributed by atoms with Crippen molar-refractivity contribution in [1.29, 1.82) is 0 Å². The molecule has 0 amide bonds. The molecule has 0 bridgehead atoms. The number of aliphatic hydroxyl groups is 1. The van der Waals surface area contributed by atoms with Crippen LogP contribution in [-0.2, 0) is 23.8 Å². The van der Waals surface area contributed by atoms with E-state index in [1.807, 2.05) is 6.92 Å². The number of hydrogen-bond acceptors (Lipinski definition) is 6. The highest BCUT2D eigenvalue weighted by atomic mass is 32.2. The van der Waals surface area contributed by atoms with E-state index in [1.165, 1.54) is 12.1 Å². The van der Waals surface area contributed by atoms with Gasteiger partial charge in [0.1, 0.15) is 12.7 Å². The number of benzene rings is 1. The van der Waals surface area contributed by atoms with Gasteiger partial charge in [-0.1, -0.05) is 50.3 Å². The summed E-state index contributed by atoms with van der Waals surface area (Å²) in [6.07, 6.45) is 3.79. The molecule has 0 spiro atoms. The quantitative estimate of drug-likeness (QED) is 0.327. The predicted molar refractivity (Wildman–Crippen MR) is 104 cm³/mol. The molecule has 6 nitrogen and oxygen atoms in total. The highest BCUT2D eigenvalue weighted by molar-refractivity contribution is 7.86. The van der Waals surface area contributed by atoms with E-state index in [0.717, 1.165) is 31.2 Å². The van der Waals surface area contributed by atoms with Crippen LogP contribution in [0.3, 0.4) is 0 Å². The van der Waals surface area contributed by atoms with E-state index in [1.54, 1.807) is 26.0 Å². The summed E-state index contributed by atoms with van der Waals surface area (Å²) in [5.74, 6) is -0.422. The van der Waals surface area contributed by atoms with Crippen LogP contribution in [0.1, 0.15) is 58.4 Å². The van der Waals surface area contributed by atoms with Gasteiger partial charge in [-0.3, -0.25) is 8.98 Å². The van der Waals surface area contributed by atoms with E-state index in [0.29, 0.717) is 6.42 Å². The number of aliphatic hydroxyl groups excluding tert-OH is 1. The van der Waals surface area contributed by atoms with Crippen LogP contribution in [0.2, 0.25) is 0 Å². The lowest BCUT2D eigenvalue weighted by Crippen LogP contribution is -2.33. The first-order valence-electron chi connectivity index (χ1n) is 9.40. The smallest absolute Gasteiger partial charge is 0.311 e. The van der Waals surface area contributed by atoms with Crippen molar-refractivity contribution >= 4 is 16.1 Å². The molecule has 0 fully saturated rings. The van der Waals surface area contributed by atoms with Crippen molar-refractivity contribution in [2.24, 2.45) is 5.41 Å². The maximum atomic E-state index is 12.3. The first kappa shape index (κ1) is 23.6. The molecule has 1 aromatic carbocycles. The van der Waals surface area contributed by atoms with Gasteiger partial charge in [0.05, 0.1) is 16.9 Å². The average molecular weight is 401 g/mol. The van der Waals surface area contributed by atoms with E-state index < -0.39 is 34.2 Å². The van der Waals surface area contributed by atoms with E-state index in [-0.39, 0.29) is 11.5 Å². The number of carbonyl (C=O) groups is 1. The van der Waals surface area contributed by atoms with Crippen LogP contribution in [0.15, 0.2) is 29.2 Å². The minimum atomic E-state index is -4.04. The summed E-state index contributed by atoms with van der Waals surface area (Å²) >= 11 is 0. The van der Waals surface area contributed by atoms with Gasteiger partial charge in [-0.25, -0.2) is 0 Å². The van der Waals surface area contributed by atoms with Gasteiger partial charge in [0.15, 0.2) is 0 Å². The van der Waals surface area contributed by atoms with Crippen molar-refractivity contribution in [2.45, 2.75) is 70.8 Å². The van der Waals surface area contributed by atoms with Crippen LogP contribution in [0.5, 0.6) is 0 Å². The number of rotatable bonds is 12. The zero-order chi connectivity index (χ0) is 20.5. The zero-order valence-electron chi connectivity index (χ0n) is 16.7. The highest BCUT2D eigenvalue weighted by Gasteiger charge is 2.30. The SMILES string of the molecule is CCCCCCC(C)(C)C(=O)OCC(CO)OS(=O)(=O)c1ccc(C)cc1. The molecular formula is C20H32O6S. The minimum absolute atomic E-state index is 0.00543. The highest BCUT2D eigenvalue weighted by Crippen LogP contribution is 2.26. The molecule has 0 saturated heterocycles. The Morgan fingerprint density at radius 2 is 1.78 bits per heavy atom. The van der Waals surface area contributed by atoms with Gasteiger partial charge in [0, 0.05) is 0 Å². The molecule has 0 radical (unpaired) electrons. The molecule has 1 N–H and O–H groups in total. The number of hydrogen-bond donors (Lipinski definition) is 1. The molecule has 154 valence electrons. The summed E-state index contributed by atoms with van der Waals surface area (Å²) in [6, 6.07) is 6.19. The summed E-state index contributed by atoms with van der Waals surface area (Å²) in [6.45, 7) is 6.68. The Balaban J connectivity index is 2.60. The molecule has 0 aromatic heterocycles. The van der Waals surface area contributed by atoms with Gasteiger partial charge in [-0.05, 0) is 39.3 Å². The van der Waals surface area contributed by atoms with Crippen molar-refractivity contribution in [3.05, 3.63) is 29.8 Å². The lowest BCUT2D eigenvalue weighted by Gasteiger charge is -2.24. The number of ether oxygens (including phenoxy) is 1. The molecule has 1 unspecified atom stereocenters. The van der Waals surface area contributed by atoms with Crippen molar-refractivity contribution < 1.29 is 27.2 Å². The fraction of sp³-hybridized carbons (Fsp3) is 0.650. The first-order chi connectivity index (χ1) is 12.6. The van der Waals surface area contributed by atoms with Crippen LogP contribution >= 0.6 is 0 Å². The molecule has 0 aliphatic heterocycles. The molecule has 27 heavy (non-hydrogen) atoms. The Labute approximate surface area is 163 Å². The number of carbonyl (C=O) groups excluding carboxylic acids is 1. The van der Waals surface area contributed by atoms with Gasteiger partial charge in [-0.15, -0.1) is 0 Å². The van der Waals surface area contributed by atoms with Crippen LogP contribution in [0, 0.1) is 12.3 Å². The van der Waals surface area contributed by atoms with Gasteiger partial charge in [0.25, 0.3) is 10.1 Å². The Morgan fingerprint density at radius 3 is 2.33 bits per heavy atom. The zero-order valence-corrected chi connectivity index (χ0v) is 17.5. The molecule has 0 saturated carbocycles. The summed E-state index contributed by atoms with van der Waals surface area (Å²) in [5, 5.41) is 9.42. The van der Waals surface area contributed by atoms with Crippen LogP contribution in [0.25, 0.3) is 0 Å². The molecule has 1 rings (SSSR count). The van der Waals surface area contributed by atoms with Gasteiger partial charge in [0.2, 0.25) is 0 Å². The van der Waals surface area contributed by atoms with Gasteiger partial charge >= 0.3 is 5.97 Å². The number of aryl methyl sites for hydroxylation is 1. The fourth-order valence-corrected chi connectivity index (χ4v) is 3.57. The Kier molecular flexibility index (Phi) is 9.42. The third-order valence-electron chi connectivity index (χ3n) is 4.38. The average Bonchev–Trinajstić information content (AvgIpc) is 2.62. The van der Waals surface area contributed by atoms with Gasteiger partial charge < -0.3 is 9.84 Å². The summed E-state index contributed by atoms with van der Waals surface area (Å²) < 4.78 is 34.8. The standard InChI is InChI=1S/C20H32O6S/c1-5-6-7-8-13-20(3,4)19(22)25-15-17(14-21)26-27(23,24)18-11-9-16(2)10-12-18/h9-12,17,21H,5-8,13-15H2,1-4H3. The van der Waals surface area contributed by atoms with E-state index in [9.17, 15) is 18.3 Å². The molecule has 1 atom stereocenters. The van der Waals surface area contributed by atoms with E-state index >= 15 is 0 Å². The van der Waals surface area contributed by atoms with E-state index in [2.05, 4.69) is 6.92 Å². The topological polar surface area (TPSA) is 89.9 Å². The van der Waals surface area contributed by atoms with Crippen molar-refractivity contribution in [1.82, 2.24) is 0 Å².